The first kappa shape index (κ1) is 22.5. The van der Waals surface area contributed by atoms with E-state index < -0.39 is 0 Å². The van der Waals surface area contributed by atoms with Gasteiger partial charge in [0.1, 0.15) is 0 Å². The number of carbonyl (C=O) groups excluding carboxylic acids is 2. The van der Waals surface area contributed by atoms with Gasteiger partial charge >= 0.3 is 0 Å². The van der Waals surface area contributed by atoms with Gasteiger partial charge in [-0.05, 0) is 43.4 Å². The van der Waals surface area contributed by atoms with Gasteiger partial charge < -0.3 is 15.5 Å². The van der Waals surface area contributed by atoms with Crippen LogP contribution in [0.1, 0.15) is 49.5 Å². The Labute approximate surface area is 163 Å². The van der Waals surface area contributed by atoms with Crippen molar-refractivity contribution in [3.63, 3.8) is 0 Å². The molecule has 0 spiro atoms. The summed E-state index contributed by atoms with van der Waals surface area (Å²) in [6, 6.07) is 7.71. The van der Waals surface area contributed by atoms with Crippen molar-refractivity contribution < 1.29 is 9.59 Å². The second kappa shape index (κ2) is 9.93. The standard InChI is InChI=1S/C20H31N3O2.ClH/c1-14(2)19(24)22(4)12-16-7-9-17(10-8-16)20(25)23-11-5-6-18(13-23)15(3)21;/h7-10,14-15,18H,5-6,11-13,21H2,1-4H3;1H. The molecule has 0 aliphatic carbocycles. The molecule has 146 valence electrons. The molecular weight excluding hydrogens is 350 g/mol. The van der Waals surface area contributed by atoms with Crippen LogP contribution in [0.3, 0.4) is 0 Å². The summed E-state index contributed by atoms with van der Waals surface area (Å²) in [5.74, 6) is 0.564. The number of hydrogen-bond acceptors (Lipinski definition) is 3. The van der Waals surface area contributed by atoms with Gasteiger partial charge in [-0.2, -0.15) is 0 Å². The van der Waals surface area contributed by atoms with Crippen LogP contribution in [0.4, 0.5) is 0 Å². The third kappa shape index (κ3) is 5.71. The van der Waals surface area contributed by atoms with Crippen molar-refractivity contribution in [2.75, 3.05) is 20.1 Å². The molecule has 6 heteroatoms. The molecule has 26 heavy (non-hydrogen) atoms. The fourth-order valence-corrected chi connectivity index (χ4v) is 3.35. The fraction of sp³-hybridized carbons (Fsp3) is 0.600. The van der Waals surface area contributed by atoms with Crippen LogP contribution in [0.15, 0.2) is 24.3 Å². The lowest BCUT2D eigenvalue weighted by molar-refractivity contribution is -0.133. The van der Waals surface area contributed by atoms with E-state index in [1.807, 2.05) is 57.0 Å². The third-order valence-electron chi connectivity index (χ3n) is 4.98. The van der Waals surface area contributed by atoms with E-state index in [9.17, 15) is 9.59 Å². The number of piperidine rings is 1. The highest BCUT2D eigenvalue weighted by Crippen LogP contribution is 2.21. The molecule has 1 aliphatic heterocycles. The zero-order valence-corrected chi connectivity index (χ0v) is 17.1. The number of likely N-dealkylation sites (tertiary alicyclic amines) is 1. The van der Waals surface area contributed by atoms with Crippen molar-refractivity contribution in [2.24, 2.45) is 17.6 Å². The van der Waals surface area contributed by atoms with Gasteiger partial charge in [-0.1, -0.05) is 26.0 Å². The first-order valence-electron chi connectivity index (χ1n) is 9.18. The summed E-state index contributed by atoms with van der Waals surface area (Å²) in [4.78, 5) is 28.3. The third-order valence-corrected chi connectivity index (χ3v) is 4.98. The molecule has 5 nitrogen and oxygen atoms in total. The quantitative estimate of drug-likeness (QED) is 0.852. The normalized spacial score (nSPS) is 18.2. The number of benzene rings is 1. The summed E-state index contributed by atoms with van der Waals surface area (Å²) < 4.78 is 0. The van der Waals surface area contributed by atoms with E-state index in [0.717, 1.165) is 31.5 Å². The maximum absolute atomic E-state index is 12.7. The van der Waals surface area contributed by atoms with E-state index in [1.54, 1.807) is 4.90 Å². The summed E-state index contributed by atoms with van der Waals surface area (Å²) in [5, 5.41) is 0. The largest absolute Gasteiger partial charge is 0.341 e. The topological polar surface area (TPSA) is 66.6 Å². The van der Waals surface area contributed by atoms with Gasteiger partial charge in [-0.3, -0.25) is 9.59 Å². The Morgan fingerprint density at radius 2 is 1.85 bits per heavy atom. The van der Waals surface area contributed by atoms with E-state index in [0.29, 0.717) is 18.0 Å². The molecule has 1 aromatic carbocycles. The second-order valence-electron chi connectivity index (χ2n) is 7.56. The lowest BCUT2D eigenvalue weighted by Gasteiger charge is -2.34. The summed E-state index contributed by atoms with van der Waals surface area (Å²) in [6.07, 6.45) is 2.11. The average Bonchev–Trinajstić information content (AvgIpc) is 2.61. The Morgan fingerprint density at radius 3 is 2.38 bits per heavy atom. The Kier molecular flexibility index (Phi) is 8.57. The summed E-state index contributed by atoms with van der Waals surface area (Å²) in [7, 11) is 1.81. The van der Waals surface area contributed by atoms with Crippen LogP contribution in [0, 0.1) is 11.8 Å². The van der Waals surface area contributed by atoms with Crippen LogP contribution in [-0.4, -0.2) is 47.8 Å². The lowest BCUT2D eigenvalue weighted by Crippen LogP contribution is -2.45. The first-order chi connectivity index (χ1) is 11.8. The van der Waals surface area contributed by atoms with E-state index in [2.05, 4.69) is 0 Å². The first-order valence-corrected chi connectivity index (χ1v) is 9.18. The van der Waals surface area contributed by atoms with Crippen LogP contribution in [0.5, 0.6) is 0 Å². The van der Waals surface area contributed by atoms with E-state index in [1.165, 1.54) is 0 Å². The Morgan fingerprint density at radius 1 is 1.23 bits per heavy atom. The maximum atomic E-state index is 12.7. The second-order valence-corrected chi connectivity index (χ2v) is 7.56. The molecule has 1 saturated heterocycles. The molecule has 0 bridgehead atoms. The van der Waals surface area contributed by atoms with E-state index >= 15 is 0 Å². The van der Waals surface area contributed by atoms with E-state index in [-0.39, 0.29) is 36.2 Å². The highest BCUT2D eigenvalue weighted by Gasteiger charge is 2.26. The number of rotatable bonds is 5. The monoisotopic (exact) mass is 381 g/mol. The SMILES string of the molecule is CC(C)C(=O)N(C)Cc1ccc(C(=O)N2CCCC(C(C)N)C2)cc1.Cl. The molecule has 1 aromatic rings. The van der Waals surface area contributed by atoms with Crippen molar-refractivity contribution in [3.8, 4) is 0 Å². The molecule has 1 fully saturated rings. The molecule has 2 amide bonds. The molecular formula is C20H32ClN3O2. The van der Waals surface area contributed by atoms with Gasteiger partial charge in [0.15, 0.2) is 0 Å². The van der Waals surface area contributed by atoms with Crippen LogP contribution in [0.25, 0.3) is 0 Å². The van der Waals surface area contributed by atoms with Crippen molar-refractivity contribution >= 4 is 24.2 Å². The molecule has 2 rings (SSSR count). The minimum atomic E-state index is -0.0113. The van der Waals surface area contributed by atoms with Crippen molar-refractivity contribution in [2.45, 2.75) is 46.2 Å². The number of nitrogens with two attached hydrogens (primary N) is 1. The molecule has 1 heterocycles. The number of hydrogen-bond donors (Lipinski definition) is 1. The van der Waals surface area contributed by atoms with Gasteiger partial charge in [0.05, 0.1) is 0 Å². The van der Waals surface area contributed by atoms with Gasteiger partial charge in [0.2, 0.25) is 5.91 Å². The van der Waals surface area contributed by atoms with Crippen LogP contribution in [-0.2, 0) is 11.3 Å². The zero-order valence-electron chi connectivity index (χ0n) is 16.3. The molecule has 1 aliphatic rings. The molecule has 2 N–H and O–H groups in total. The summed E-state index contributed by atoms with van der Waals surface area (Å²) >= 11 is 0. The summed E-state index contributed by atoms with van der Waals surface area (Å²) in [5.41, 5.74) is 7.74. The Balaban J connectivity index is 0.00000338. The summed E-state index contributed by atoms with van der Waals surface area (Å²) in [6.45, 7) is 7.91. The highest BCUT2D eigenvalue weighted by molar-refractivity contribution is 5.94. The molecule has 0 saturated carbocycles. The van der Waals surface area contributed by atoms with Crippen molar-refractivity contribution in [1.82, 2.24) is 9.80 Å². The van der Waals surface area contributed by atoms with Crippen LogP contribution >= 0.6 is 12.4 Å². The predicted molar refractivity (Wildman–Crippen MR) is 107 cm³/mol. The van der Waals surface area contributed by atoms with Gasteiger partial charge in [0, 0.05) is 44.2 Å². The van der Waals surface area contributed by atoms with E-state index in [4.69, 9.17) is 5.73 Å². The smallest absolute Gasteiger partial charge is 0.253 e. The average molecular weight is 382 g/mol. The number of carbonyl (C=O) groups is 2. The zero-order chi connectivity index (χ0) is 18.6. The van der Waals surface area contributed by atoms with Crippen LogP contribution in [0.2, 0.25) is 0 Å². The highest BCUT2D eigenvalue weighted by atomic mass is 35.5. The Hall–Kier alpha value is -1.59. The van der Waals surface area contributed by atoms with Gasteiger partial charge in [-0.15, -0.1) is 12.4 Å². The number of nitrogens with zero attached hydrogens (tertiary/aromatic N) is 2. The Bertz CT molecular complexity index is 602. The van der Waals surface area contributed by atoms with Gasteiger partial charge in [-0.25, -0.2) is 0 Å². The molecule has 0 radical (unpaired) electrons. The minimum absolute atomic E-state index is 0. The lowest BCUT2D eigenvalue weighted by atomic mass is 9.92. The molecule has 0 aromatic heterocycles. The van der Waals surface area contributed by atoms with Crippen LogP contribution < -0.4 is 5.73 Å². The van der Waals surface area contributed by atoms with Gasteiger partial charge in [0.25, 0.3) is 5.91 Å². The van der Waals surface area contributed by atoms with Crippen molar-refractivity contribution in [3.05, 3.63) is 35.4 Å². The molecule has 2 unspecified atom stereocenters. The fourth-order valence-electron chi connectivity index (χ4n) is 3.35. The number of halogens is 1. The molecule has 2 atom stereocenters. The predicted octanol–water partition coefficient (Wildman–Crippen LogP) is 2.92. The number of amides is 2. The van der Waals surface area contributed by atoms with Crippen molar-refractivity contribution in [1.29, 1.82) is 0 Å². The maximum Gasteiger partial charge on any atom is 0.253 e. The minimum Gasteiger partial charge on any atom is -0.341 e.